The van der Waals surface area contributed by atoms with Gasteiger partial charge in [-0.15, -0.1) is 0 Å². The summed E-state index contributed by atoms with van der Waals surface area (Å²) >= 11 is 0. The first kappa shape index (κ1) is 24.4. The number of phosphoric ester groups is 1. The van der Waals surface area contributed by atoms with E-state index in [4.69, 9.17) is 14.0 Å². The summed E-state index contributed by atoms with van der Waals surface area (Å²) < 4.78 is 28.2. The monoisotopic (exact) mass is 524 g/mol. The molecule has 194 valence electrons. The highest BCUT2D eigenvalue weighted by Crippen LogP contribution is 2.51. The summed E-state index contributed by atoms with van der Waals surface area (Å²) in [6.07, 6.45) is 0.781. The van der Waals surface area contributed by atoms with Crippen molar-refractivity contribution in [3.8, 4) is 11.5 Å². The maximum atomic E-state index is 13.9. The highest BCUT2D eigenvalue weighted by atomic mass is 31.2. The van der Waals surface area contributed by atoms with Crippen LogP contribution in [0.3, 0.4) is 0 Å². The molecule has 6 rings (SSSR count). The van der Waals surface area contributed by atoms with E-state index in [9.17, 15) is 19.1 Å². The average molecular weight is 525 g/mol. The van der Waals surface area contributed by atoms with Crippen LogP contribution in [-0.2, 0) is 13.9 Å². The van der Waals surface area contributed by atoms with Crippen molar-refractivity contribution in [1.29, 1.82) is 0 Å². The van der Waals surface area contributed by atoms with Crippen LogP contribution < -0.4 is 14.8 Å². The first-order valence-corrected chi connectivity index (χ1v) is 14.0. The third-order valence-corrected chi connectivity index (χ3v) is 8.16. The molecule has 5 atom stereocenters. The van der Waals surface area contributed by atoms with E-state index in [1.165, 1.54) is 0 Å². The number of hydrogen-bond donors (Lipinski definition) is 3. The predicted octanol–water partition coefficient (Wildman–Crippen LogP) is 3.88. The molecule has 3 aromatic carbocycles. The Kier molecular flexibility index (Phi) is 6.21. The molecule has 0 aliphatic carbocycles. The molecule has 3 aliphatic heterocycles. The predicted molar refractivity (Wildman–Crippen MR) is 136 cm³/mol. The fraction of sp³-hybridized carbons (Fsp3) is 0.370. The molecule has 2 fully saturated rings. The smallest absolute Gasteiger partial charge is 0.433 e. The van der Waals surface area contributed by atoms with Gasteiger partial charge in [0.15, 0.2) is 11.5 Å². The lowest BCUT2D eigenvalue weighted by atomic mass is 9.82. The third-order valence-electron chi connectivity index (χ3n) is 7.68. The van der Waals surface area contributed by atoms with Crippen molar-refractivity contribution in [3.05, 3.63) is 71.8 Å². The van der Waals surface area contributed by atoms with Gasteiger partial charge >= 0.3 is 14.2 Å². The Labute approximate surface area is 214 Å². The topological polar surface area (TPSA) is 118 Å². The van der Waals surface area contributed by atoms with Gasteiger partial charge in [0.1, 0.15) is 0 Å². The van der Waals surface area contributed by atoms with Crippen LogP contribution in [-0.4, -0.2) is 46.2 Å². The number of benzene rings is 3. The highest BCUT2D eigenvalue weighted by molar-refractivity contribution is 7.46. The first-order chi connectivity index (χ1) is 17.8. The molecule has 0 radical (unpaired) electrons. The Balaban J connectivity index is 1.33. The van der Waals surface area contributed by atoms with E-state index >= 15 is 0 Å². The van der Waals surface area contributed by atoms with Crippen molar-refractivity contribution in [3.63, 3.8) is 0 Å². The number of amides is 1. The molecule has 9 nitrogen and oxygen atoms in total. The number of rotatable bonds is 6. The van der Waals surface area contributed by atoms with Gasteiger partial charge in [-0.1, -0.05) is 42.5 Å². The second-order valence-corrected chi connectivity index (χ2v) is 11.2. The third kappa shape index (κ3) is 4.74. The van der Waals surface area contributed by atoms with Gasteiger partial charge in [-0.05, 0) is 66.4 Å². The van der Waals surface area contributed by atoms with Gasteiger partial charge < -0.3 is 19.3 Å². The Morgan fingerprint density at radius 1 is 1.08 bits per heavy atom. The minimum absolute atomic E-state index is 0.0379. The Morgan fingerprint density at radius 3 is 2.68 bits per heavy atom. The fourth-order valence-corrected chi connectivity index (χ4v) is 6.52. The zero-order valence-corrected chi connectivity index (χ0v) is 21.2. The van der Waals surface area contributed by atoms with Crippen LogP contribution in [0.5, 0.6) is 11.5 Å². The summed E-state index contributed by atoms with van der Waals surface area (Å²) in [5.41, 5.74) is 1.99. The molecule has 1 amide bonds. The largest absolute Gasteiger partial charge is 0.469 e. The van der Waals surface area contributed by atoms with Gasteiger partial charge in [-0.25, -0.2) is 4.57 Å². The van der Waals surface area contributed by atoms with E-state index in [0.717, 1.165) is 41.3 Å². The van der Waals surface area contributed by atoms with Crippen molar-refractivity contribution in [1.82, 2.24) is 10.2 Å². The summed E-state index contributed by atoms with van der Waals surface area (Å²) in [5, 5.41) is 5.05. The van der Waals surface area contributed by atoms with Gasteiger partial charge in [-0.2, -0.15) is 0 Å². The van der Waals surface area contributed by atoms with E-state index < -0.39 is 26.1 Å². The number of nitrogens with zero attached hydrogens (tertiary/aromatic N) is 1. The minimum Gasteiger partial charge on any atom is -0.433 e. The number of nitrogens with one attached hydrogen (secondary N) is 1. The van der Waals surface area contributed by atoms with Crippen LogP contribution >= 0.6 is 7.82 Å². The summed E-state index contributed by atoms with van der Waals surface area (Å²) in [6, 6.07) is 19.5. The molecule has 0 bridgehead atoms. The number of aryl methyl sites for hydroxylation is 1. The number of carbonyl (C=O) groups excluding carboxylic acids is 1. The van der Waals surface area contributed by atoms with Crippen LogP contribution in [0.4, 0.5) is 0 Å². The zero-order valence-electron chi connectivity index (χ0n) is 20.3. The molecule has 3 aromatic rings. The maximum Gasteiger partial charge on any atom is 0.469 e. The molecule has 10 heteroatoms. The summed E-state index contributed by atoms with van der Waals surface area (Å²) in [7, 11) is -4.71. The second kappa shape index (κ2) is 9.42. The van der Waals surface area contributed by atoms with Crippen LogP contribution in [0.15, 0.2) is 60.7 Å². The van der Waals surface area contributed by atoms with Crippen LogP contribution in [0.1, 0.15) is 30.0 Å². The average Bonchev–Trinajstić information content (AvgIpc) is 3.55. The Morgan fingerprint density at radius 2 is 1.86 bits per heavy atom. The lowest BCUT2D eigenvalue weighted by Gasteiger charge is -2.28. The molecule has 0 spiro atoms. The standard InChI is InChI=1S/C27H29N2O7P/c1-16-8-11-22-23(13-16)36-27(35-22)28-26(30)24-20(15-34-37(31,32)33)21-7-4-12-29(21)25(24)19-10-9-17-5-2-3-6-18(17)14-19/h2-3,5-6,8-11,13-14,20-21,24-25,27H,4,7,12,15H2,1H3,(H,28,30)(H2,31,32,33)/t20-,21-,24-,25-,27?/m1/s1. The lowest BCUT2D eigenvalue weighted by Crippen LogP contribution is -2.46. The van der Waals surface area contributed by atoms with Crippen molar-refractivity contribution in [2.75, 3.05) is 13.2 Å². The summed E-state index contributed by atoms with van der Waals surface area (Å²) in [6.45, 7) is 2.51. The second-order valence-electron chi connectivity index (χ2n) is 10.0. The Bertz CT molecular complexity index is 1390. The maximum absolute atomic E-state index is 13.9. The number of ether oxygens (including phenoxy) is 2. The highest BCUT2D eigenvalue weighted by Gasteiger charge is 2.54. The van der Waals surface area contributed by atoms with Crippen LogP contribution in [0, 0.1) is 18.8 Å². The van der Waals surface area contributed by atoms with E-state index in [-0.39, 0.29) is 24.6 Å². The van der Waals surface area contributed by atoms with Crippen molar-refractivity contribution in [2.45, 2.75) is 38.3 Å². The summed E-state index contributed by atoms with van der Waals surface area (Å²) in [5.74, 6) is -0.241. The molecule has 1 unspecified atom stereocenters. The van der Waals surface area contributed by atoms with Gasteiger partial charge in [0.05, 0.1) is 12.5 Å². The molecular weight excluding hydrogens is 495 g/mol. The normalized spacial score (nSPS) is 26.9. The molecule has 3 heterocycles. The quantitative estimate of drug-likeness (QED) is 0.416. The molecule has 3 N–H and O–H groups in total. The van der Waals surface area contributed by atoms with Crippen LogP contribution in [0.25, 0.3) is 10.8 Å². The number of phosphoric acid groups is 1. The molecule has 37 heavy (non-hydrogen) atoms. The van der Waals surface area contributed by atoms with Crippen molar-refractivity contribution < 1.29 is 33.1 Å². The first-order valence-electron chi connectivity index (χ1n) is 12.5. The van der Waals surface area contributed by atoms with Gasteiger partial charge in [0.25, 0.3) is 0 Å². The summed E-state index contributed by atoms with van der Waals surface area (Å²) in [4.78, 5) is 35.0. The lowest BCUT2D eigenvalue weighted by molar-refractivity contribution is -0.134. The van der Waals surface area contributed by atoms with Gasteiger partial charge in [-0.3, -0.25) is 19.5 Å². The SMILES string of the molecule is Cc1ccc2c(c1)OC(NC(=O)[C@@H]1[C@H](COP(=O)(O)O)[C@H]3CCCN3[C@@H]1c1ccc3ccccc3c1)O2. The van der Waals surface area contributed by atoms with E-state index in [2.05, 4.69) is 16.3 Å². The fourth-order valence-electron chi connectivity index (χ4n) is 6.16. The molecule has 3 aliphatic rings. The number of hydrogen-bond acceptors (Lipinski definition) is 6. The van der Waals surface area contributed by atoms with E-state index in [1.807, 2.05) is 55.5 Å². The van der Waals surface area contributed by atoms with Gasteiger partial charge in [0.2, 0.25) is 5.91 Å². The molecule has 0 saturated carbocycles. The Hall–Kier alpha value is -2.94. The minimum atomic E-state index is -4.71. The zero-order chi connectivity index (χ0) is 25.7. The van der Waals surface area contributed by atoms with Gasteiger partial charge in [0, 0.05) is 18.0 Å². The number of carbonyl (C=O) groups is 1. The number of fused-ring (bicyclic) bond motifs is 3. The van der Waals surface area contributed by atoms with E-state index in [1.54, 1.807) is 6.07 Å². The molecule has 0 aromatic heterocycles. The molecule has 2 saturated heterocycles. The van der Waals surface area contributed by atoms with E-state index in [0.29, 0.717) is 11.5 Å². The van der Waals surface area contributed by atoms with Crippen LogP contribution in [0.2, 0.25) is 0 Å². The van der Waals surface area contributed by atoms with Crippen molar-refractivity contribution in [2.24, 2.45) is 11.8 Å². The van der Waals surface area contributed by atoms with Crippen molar-refractivity contribution >= 4 is 24.5 Å². The molecular formula is C27H29N2O7P.